The molecule has 0 saturated heterocycles. The summed E-state index contributed by atoms with van der Waals surface area (Å²) in [4.78, 5) is 0. The predicted octanol–water partition coefficient (Wildman–Crippen LogP) is 7.11. The molecule has 0 aliphatic rings. The lowest BCUT2D eigenvalue weighted by Gasteiger charge is -1.69. The Labute approximate surface area is 146 Å². The minimum Gasteiger partial charge on any atom is -0.197 e. The molecule has 0 bridgehead atoms. The normalized spacial score (nSPS) is 5.71. The lowest BCUT2D eigenvalue weighted by molar-refractivity contribution is 1.50. The molecule has 2 aromatic carbocycles. The maximum absolute atomic E-state index is 3.53. The van der Waals surface area contributed by atoms with E-state index < -0.39 is 0 Å². The fourth-order valence-electron chi connectivity index (χ4n) is 0.770. The molecule has 0 heterocycles. The van der Waals surface area contributed by atoms with Crippen LogP contribution in [0, 0.1) is 0 Å². The smallest absolute Gasteiger partial charge is 0.0215 e. The second-order valence-corrected chi connectivity index (χ2v) is 2.31. The second kappa shape index (κ2) is 50.8. The van der Waals surface area contributed by atoms with E-state index in [-0.39, 0.29) is 13.5 Å². The van der Waals surface area contributed by atoms with Crippen molar-refractivity contribution in [3.05, 3.63) is 72.8 Å². The zero-order valence-corrected chi connectivity index (χ0v) is 16.8. The molecule has 0 fully saturated rings. The molecule has 0 aliphatic carbocycles. The SMILES string of the molecule is CC.CC.CC.CS.S.c1ccccc1.c1ccccc1. The predicted molar refractivity (Wildman–Crippen MR) is 112 cm³/mol. The summed E-state index contributed by atoms with van der Waals surface area (Å²) in [6.07, 6.45) is 1.69. The van der Waals surface area contributed by atoms with Crippen LogP contribution >= 0.6 is 26.1 Å². The van der Waals surface area contributed by atoms with E-state index in [1.807, 2.05) is 114 Å². The van der Waals surface area contributed by atoms with Gasteiger partial charge in [0.1, 0.15) is 0 Å². The van der Waals surface area contributed by atoms with Gasteiger partial charge < -0.3 is 0 Å². The van der Waals surface area contributed by atoms with Crippen LogP contribution < -0.4 is 0 Å². The van der Waals surface area contributed by atoms with Crippen LogP contribution in [0.2, 0.25) is 0 Å². The fourth-order valence-corrected chi connectivity index (χ4v) is 0.770. The summed E-state index contributed by atoms with van der Waals surface area (Å²) in [6.45, 7) is 12.0. The van der Waals surface area contributed by atoms with Gasteiger partial charge in [0.15, 0.2) is 0 Å². The molecule has 2 rings (SSSR count). The van der Waals surface area contributed by atoms with Crippen LogP contribution in [0.15, 0.2) is 72.8 Å². The van der Waals surface area contributed by atoms with E-state index in [0.717, 1.165) is 0 Å². The van der Waals surface area contributed by atoms with Crippen molar-refractivity contribution in [3.8, 4) is 0 Å². The number of hydrogen-bond donors (Lipinski definition) is 1. The van der Waals surface area contributed by atoms with E-state index >= 15 is 0 Å². The van der Waals surface area contributed by atoms with Crippen molar-refractivity contribution in [2.75, 3.05) is 6.26 Å². The Morgan fingerprint density at radius 3 is 0.429 bits per heavy atom. The van der Waals surface area contributed by atoms with E-state index in [4.69, 9.17) is 0 Å². The van der Waals surface area contributed by atoms with Gasteiger partial charge >= 0.3 is 0 Å². The first kappa shape index (κ1) is 32.2. The van der Waals surface area contributed by atoms with Crippen molar-refractivity contribution in [2.45, 2.75) is 41.5 Å². The molecule has 0 unspecified atom stereocenters. The van der Waals surface area contributed by atoms with E-state index in [9.17, 15) is 0 Å². The minimum atomic E-state index is 0. The first-order valence-electron chi connectivity index (χ1n) is 7.45. The summed E-state index contributed by atoms with van der Waals surface area (Å²) >= 11 is 3.53. The summed E-state index contributed by atoms with van der Waals surface area (Å²) < 4.78 is 0. The highest BCUT2D eigenvalue weighted by atomic mass is 32.1. The Kier molecular flexibility index (Phi) is 77.8. The van der Waals surface area contributed by atoms with Gasteiger partial charge in [-0.1, -0.05) is 114 Å². The molecule has 0 nitrogen and oxygen atoms in total. The third-order valence-electron chi connectivity index (χ3n) is 1.33. The highest BCUT2D eigenvalue weighted by molar-refractivity contribution is 7.79. The quantitative estimate of drug-likeness (QED) is 0.489. The van der Waals surface area contributed by atoms with Gasteiger partial charge in [0.05, 0.1) is 0 Å². The molecule has 0 aromatic heterocycles. The van der Waals surface area contributed by atoms with Crippen LogP contribution in [0.1, 0.15) is 41.5 Å². The molecule has 21 heavy (non-hydrogen) atoms. The average Bonchev–Trinajstić information content (AvgIpc) is 2.65. The number of benzene rings is 2. The van der Waals surface area contributed by atoms with Crippen molar-refractivity contribution in [1.29, 1.82) is 0 Å². The summed E-state index contributed by atoms with van der Waals surface area (Å²) in [5, 5.41) is 0. The van der Waals surface area contributed by atoms with Crippen molar-refractivity contribution in [1.82, 2.24) is 0 Å². The molecule has 124 valence electrons. The van der Waals surface area contributed by atoms with Crippen molar-refractivity contribution >= 4 is 26.1 Å². The lowest BCUT2D eigenvalue weighted by Crippen LogP contribution is -1.47. The van der Waals surface area contributed by atoms with E-state index in [1.165, 1.54) is 0 Å². The number of hydrogen-bond acceptors (Lipinski definition) is 1. The summed E-state index contributed by atoms with van der Waals surface area (Å²) in [6, 6.07) is 24.0. The average molecular weight is 329 g/mol. The number of rotatable bonds is 0. The molecule has 0 radical (unpaired) electrons. The molecule has 2 aromatic rings. The summed E-state index contributed by atoms with van der Waals surface area (Å²) in [5.41, 5.74) is 0. The highest BCUT2D eigenvalue weighted by Crippen LogP contribution is 1.80. The fraction of sp³-hybridized carbons (Fsp3) is 0.368. The largest absolute Gasteiger partial charge is 0.197 e. The van der Waals surface area contributed by atoms with Crippen LogP contribution in [0.5, 0.6) is 0 Å². The van der Waals surface area contributed by atoms with Gasteiger partial charge in [0.2, 0.25) is 0 Å². The van der Waals surface area contributed by atoms with Crippen LogP contribution in [0.4, 0.5) is 0 Å². The third kappa shape index (κ3) is 45.3. The molecule has 0 spiro atoms. The van der Waals surface area contributed by atoms with Crippen molar-refractivity contribution < 1.29 is 0 Å². The van der Waals surface area contributed by atoms with E-state index in [1.54, 1.807) is 6.26 Å². The zero-order valence-electron chi connectivity index (χ0n) is 14.9. The summed E-state index contributed by atoms with van der Waals surface area (Å²) in [5.74, 6) is 0. The molecule has 0 atom stereocenters. The van der Waals surface area contributed by atoms with Gasteiger partial charge in [-0.3, -0.25) is 0 Å². The lowest BCUT2D eigenvalue weighted by atomic mass is 10.4. The van der Waals surface area contributed by atoms with Crippen LogP contribution in [-0.4, -0.2) is 6.26 Å². The molecule has 0 aliphatic heterocycles. The second-order valence-electron chi connectivity index (χ2n) is 2.31. The Balaban J connectivity index is -0.0000000539. The van der Waals surface area contributed by atoms with Crippen LogP contribution in [-0.2, 0) is 0 Å². The van der Waals surface area contributed by atoms with Crippen LogP contribution in [0.3, 0.4) is 0 Å². The Morgan fingerprint density at radius 1 is 0.333 bits per heavy atom. The molecular weight excluding hydrogens is 292 g/mol. The third-order valence-corrected chi connectivity index (χ3v) is 1.33. The van der Waals surface area contributed by atoms with Gasteiger partial charge in [0, 0.05) is 0 Å². The van der Waals surface area contributed by atoms with Gasteiger partial charge in [-0.15, -0.1) is 0 Å². The Morgan fingerprint density at radius 2 is 0.381 bits per heavy atom. The maximum Gasteiger partial charge on any atom is -0.0215 e. The molecular formula is C19H36S2. The highest BCUT2D eigenvalue weighted by Gasteiger charge is 1.58. The topological polar surface area (TPSA) is 0 Å². The monoisotopic (exact) mass is 328 g/mol. The van der Waals surface area contributed by atoms with E-state index in [2.05, 4.69) is 12.6 Å². The van der Waals surface area contributed by atoms with E-state index in [0.29, 0.717) is 0 Å². The molecule has 0 amide bonds. The summed E-state index contributed by atoms with van der Waals surface area (Å²) in [7, 11) is 0. The van der Waals surface area contributed by atoms with Crippen LogP contribution in [0.25, 0.3) is 0 Å². The molecule has 0 N–H and O–H groups in total. The van der Waals surface area contributed by atoms with Gasteiger partial charge in [0.25, 0.3) is 0 Å². The zero-order chi connectivity index (χ0) is 16.5. The molecule has 0 saturated carbocycles. The van der Waals surface area contributed by atoms with Crippen molar-refractivity contribution in [2.24, 2.45) is 0 Å². The maximum atomic E-state index is 3.53. The van der Waals surface area contributed by atoms with Gasteiger partial charge in [-0.2, -0.15) is 26.1 Å². The Bertz CT molecular complexity index is 185. The van der Waals surface area contributed by atoms with Gasteiger partial charge in [-0.25, -0.2) is 0 Å². The number of thiol groups is 1. The first-order valence-corrected chi connectivity index (χ1v) is 8.34. The standard InChI is InChI=1S/2C6H6.3C2H6.CH4S.H2S/c2*1-2-4-6-5-3-1;4*1-2;/h2*1-6H;3*1-2H3;2H,1H3;1H2. The Hall–Kier alpha value is -0.860. The first-order chi connectivity index (χ1) is 10.0. The molecule has 2 heteroatoms. The minimum absolute atomic E-state index is 0. The van der Waals surface area contributed by atoms with Crippen molar-refractivity contribution in [3.63, 3.8) is 0 Å². The van der Waals surface area contributed by atoms with Gasteiger partial charge in [-0.05, 0) is 6.26 Å².